The van der Waals surface area contributed by atoms with Gasteiger partial charge in [0.15, 0.2) is 0 Å². The van der Waals surface area contributed by atoms with Gasteiger partial charge in [-0.2, -0.15) is 0 Å². The van der Waals surface area contributed by atoms with E-state index in [0.29, 0.717) is 24.2 Å². The molecule has 3 N–H and O–H groups in total. The highest BCUT2D eigenvalue weighted by molar-refractivity contribution is 6.33. The number of fused-ring (bicyclic) bond motifs is 2. The summed E-state index contributed by atoms with van der Waals surface area (Å²) in [6.45, 7) is 1.69. The average Bonchev–Trinajstić information content (AvgIpc) is 2.79. The Morgan fingerprint density at radius 3 is 2.50 bits per heavy atom. The first-order valence-corrected chi connectivity index (χ1v) is 7.88. The molecule has 120 valence electrons. The fourth-order valence-electron chi connectivity index (χ4n) is 4.04. The van der Waals surface area contributed by atoms with Crippen molar-refractivity contribution in [3.8, 4) is 0 Å². The summed E-state index contributed by atoms with van der Waals surface area (Å²) in [6, 6.07) is 0.762. The number of nitrogens with one attached hydrogen (secondary N) is 1. The van der Waals surface area contributed by atoms with E-state index in [9.17, 15) is 9.59 Å². The van der Waals surface area contributed by atoms with E-state index in [1.165, 1.54) is 11.0 Å². The first-order valence-electron chi connectivity index (χ1n) is 7.50. The Hall–Kier alpha value is -1.53. The van der Waals surface area contributed by atoms with E-state index in [1.807, 2.05) is 0 Å². The molecule has 22 heavy (non-hydrogen) atoms. The highest BCUT2D eigenvalue weighted by atomic mass is 35.5. The minimum atomic E-state index is -0.650. The lowest BCUT2D eigenvalue weighted by molar-refractivity contribution is -0.123. The first-order chi connectivity index (χ1) is 10.4. The number of nitrogens with two attached hydrogens (primary N) is 1. The Balaban J connectivity index is 2.00. The van der Waals surface area contributed by atoms with Crippen LogP contribution in [0.5, 0.6) is 0 Å². The summed E-state index contributed by atoms with van der Waals surface area (Å²) in [5, 5.41) is 3.21. The predicted octanol–water partition coefficient (Wildman–Crippen LogP) is 0.840. The number of piperidine rings is 1. The van der Waals surface area contributed by atoms with Gasteiger partial charge in [-0.1, -0.05) is 11.6 Å². The van der Waals surface area contributed by atoms with Crippen LogP contribution < -0.4 is 11.1 Å². The Labute approximate surface area is 134 Å². The van der Waals surface area contributed by atoms with E-state index >= 15 is 0 Å². The third kappa shape index (κ3) is 2.21. The number of amides is 2. The Morgan fingerprint density at radius 1 is 1.41 bits per heavy atom. The minimum absolute atomic E-state index is 0.199. The molecule has 0 aliphatic carbocycles. The molecule has 2 amide bonds. The lowest BCUT2D eigenvalue weighted by Crippen LogP contribution is -2.60. The van der Waals surface area contributed by atoms with E-state index in [1.54, 1.807) is 6.92 Å². The smallest absolute Gasteiger partial charge is 0.271 e. The molecule has 0 aromatic carbocycles. The van der Waals surface area contributed by atoms with Crippen LogP contribution in [0.1, 0.15) is 32.6 Å². The number of hydrogen-bond acceptors (Lipinski definition) is 4. The van der Waals surface area contributed by atoms with Gasteiger partial charge in [-0.25, -0.2) is 0 Å². The molecule has 1 spiro atoms. The van der Waals surface area contributed by atoms with E-state index in [-0.39, 0.29) is 16.6 Å². The highest BCUT2D eigenvalue weighted by Gasteiger charge is 2.56. The number of allylic oxidation sites excluding steroid dienone is 3. The molecule has 3 fully saturated rings. The average molecular weight is 325 g/mol. The Morgan fingerprint density at radius 2 is 2.00 bits per heavy atom. The maximum Gasteiger partial charge on any atom is 0.271 e. The van der Waals surface area contributed by atoms with Crippen LogP contribution in [0.25, 0.3) is 0 Å². The minimum Gasteiger partial charge on any atom is -0.402 e. The fourth-order valence-corrected chi connectivity index (χ4v) is 4.39. The van der Waals surface area contributed by atoms with Crippen molar-refractivity contribution in [2.24, 2.45) is 5.73 Å². The molecule has 3 aliphatic rings. The van der Waals surface area contributed by atoms with Crippen molar-refractivity contribution in [1.82, 2.24) is 15.1 Å². The lowest BCUT2D eigenvalue weighted by Gasteiger charge is -2.45. The number of hydrogen-bond donors (Lipinski definition) is 2. The zero-order valence-corrected chi connectivity index (χ0v) is 13.6. The van der Waals surface area contributed by atoms with Gasteiger partial charge < -0.3 is 16.0 Å². The summed E-state index contributed by atoms with van der Waals surface area (Å²) >= 11 is 6.22. The normalized spacial score (nSPS) is 37.7. The van der Waals surface area contributed by atoms with Crippen molar-refractivity contribution in [1.29, 1.82) is 0 Å². The topological polar surface area (TPSA) is 78.7 Å². The molecule has 0 aromatic heterocycles. The van der Waals surface area contributed by atoms with Crippen LogP contribution in [0.3, 0.4) is 0 Å². The molecule has 2 unspecified atom stereocenters. The van der Waals surface area contributed by atoms with Crippen LogP contribution in [-0.4, -0.2) is 46.9 Å². The van der Waals surface area contributed by atoms with Crippen LogP contribution in [0.4, 0.5) is 0 Å². The van der Waals surface area contributed by atoms with E-state index in [0.717, 1.165) is 25.7 Å². The van der Waals surface area contributed by atoms with Gasteiger partial charge in [0.1, 0.15) is 11.4 Å². The molecule has 3 rings (SSSR count). The summed E-state index contributed by atoms with van der Waals surface area (Å²) in [4.78, 5) is 28.0. The van der Waals surface area contributed by atoms with Gasteiger partial charge in [0, 0.05) is 30.6 Å². The summed E-state index contributed by atoms with van der Waals surface area (Å²) in [5.41, 5.74) is 5.67. The second-order valence-electron chi connectivity index (χ2n) is 6.50. The third-order valence-electron chi connectivity index (χ3n) is 5.08. The van der Waals surface area contributed by atoms with Crippen LogP contribution in [0, 0.1) is 0 Å². The van der Waals surface area contributed by atoms with Crippen molar-refractivity contribution >= 4 is 23.9 Å². The predicted molar refractivity (Wildman–Crippen MR) is 83.4 cm³/mol. The summed E-state index contributed by atoms with van der Waals surface area (Å²) < 4.78 is 0. The van der Waals surface area contributed by atoms with Gasteiger partial charge in [-0.15, -0.1) is 0 Å². The summed E-state index contributed by atoms with van der Waals surface area (Å²) in [5.74, 6) is -0.307. The molecule has 3 aliphatic heterocycles. The maximum atomic E-state index is 12.4. The van der Waals surface area contributed by atoms with E-state index in [2.05, 4.69) is 17.3 Å². The second-order valence-corrected chi connectivity index (χ2v) is 6.91. The van der Waals surface area contributed by atoms with Gasteiger partial charge in [0.05, 0.1) is 5.03 Å². The molecular weight excluding hydrogens is 304 g/mol. The first kappa shape index (κ1) is 15.4. The van der Waals surface area contributed by atoms with Crippen LogP contribution in [0.15, 0.2) is 22.5 Å². The molecule has 3 heterocycles. The number of nitrogens with zero attached hydrogens (tertiary/aromatic N) is 2. The summed E-state index contributed by atoms with van der Waals surface area (Å²) in [6.07, 6.45) is 5.86. The van der Waals surface area contributed by atoms with Gasteiger partial charge in [0.25, 0.3) is 5.91 Å². The van der Waals surface area contributed by atoms with Gasteiger partial charge in [0.2, 0.25) is 6.41 Å². The molecule has 0 radical (unpaired) electrons. The Kier molecular flexibility index (Phi) is 3.69. The second kappa shape index (κ2) is 5.28. The third-order valence-corrected chi connectivity index (χ3v) is 5.37. The lowest BCUT2D eigenvalue weighted by atomic mass is 9.90. The van der Waals surface area contributed by atoms with Crippen molar-refractivity contribution in [3.05, 3.63) is 22.5 Å². The standard InChI is InChI=1S/C15H21ClN4O2/c1-9(17)5-12(16)13-14(22)18-15(20(13)8-21)6-10-3-4-11(7-15)19(10)2/h5,8,10-11H,3-4,6-7,17H2,1-2H3,(H,18,22)/b9-5+,13-12+. The van der Waals surface area contributed by atoms with Crippen LogP contribution in [0.2, 0.25) is 0 Å². The van der Waals surface area contributed by atoms with Gasteiger partial charge in [-0.05, 0) is 32.9 Å². The monoisotopic (exact) mass is 324 g/mol. The van der Waals surface area contributed by atoms with Crippen LogP contribution in [-0.2, 0) is 9.59 Å². The number of carbonyl (C=O) groups excluding carboxylic acids is 2. The molecule has 2 bridgehead atoms. The maximum absolute atomic E-state index is 12.4. The molecule has 2 atom stereocenters. The molecule has 0 aromatic rings. The molecule has 6 nitrogen and oxygen atoms in total. The van der Waals surface area contributed by atoms with Crippen LogP contribution >= 0.6 is 11.6 Å². The highest BCUT2D eigenvalue weighted by Crippen LogP contribution is 2.45. The van der Waals surface area contributed by atoms with Gasteiger partial charge in [-0.3, -0.25) is 14.5 Å². The molecule has 3 saturated heterocycles. The molecule has 0 saturated carbocycles. The number of carbonyl (C=O) groups is 2. The Bertz CT molecular complexity index is 568. The largest absolute Gasteiger partial charge is 0.402 e. The summed E-state index contributed by atoms with van der Waals surface area (Å²) in [7, 11) is 2.11. The fraction of sp³-hybridized carbons (Fsp3) is 0.600. The number of halogens is 1. The van der Waals surface area contributed by atoms with Crippen molar-refractivity contribution in [2.45, 2.75) is 50.4 Å². The zero-order valence-electron chi connectivity index (χ0n) is 12.8. The van der Waals surface area contributed by atoms with E-state index < -0.39 is 5.66 Å². The quantitative estimate of drug-likeness (QED) is 0.583. The van der Waals surface area contributed by atoms with Crippen molar-refractivity contribution in [2.75, 3.05) is 7.05 Å². The SMILES string of the molecule is C/C(N)=C\C(Cl)=C1\C(=O)NC2(CC3CCC(C2)N3C)N1C=O. The van der Waals surface area contributed by atoms with E-state index in [4.69, 9.17) is 17.3 Å². The van der Waals surface area contributed by atoms with Crippen molar-refractivity contribution < 1.29 is 9.59 Å². The zero-order chi connectivity index (χ0) is 16.1. The number of rotatable bonds is 2. The molecular formula is C15H21ClN4O2. The van der Waals surface area contributed by atoms with Gasteiger partial charge >= 0.3 is 0 Å². The van der Waals surface area contributed by atoms with Crippen molar-refractivity contribution in [3.63, 3.8) is 0 Å². The molecule has 7 heteroatoms.